The van der Waals surface area contributed by atoms with E-state index in [1.165, 1.54) is 0 Å². The monoisotopic (exact) mass is 318 g/mol. The summed E-state index contributed by atoms with van der Waals surface area (Å²) in [6, 6.07) is 16.9. The summed E-state index contributed by atoms with van der Waals surface area (Å²) in [5, 5.41) is 12.7. The van der Waals surface area contributed by atoms with Gasteiger partial charge in [0, 0.05) is 33.9 Å². The van der Waals surface area contributed by atoms with Gasteiger partial charge in [-0.25, -0.2) is 0 Å². The molecule has 108 valence electrons. The standard InChI is InChI=1S/C16H15ClN2OS/c17-15-7-6-14(11-18)16(10-15)19-8-9-21(20)12-13-4-2-1-3-5-13/h1-7,10,19H,8-9,12H2. The Morgan fingerprint density at radius 2 is 1.95 bits per heavy atom. The van der Waals surface area contributed by atoms with Crippen molar-refractivity contribution in [2.75, 3.05) is 17.6 Å². The highest BCUT2D eigenvalue weighted by atomic mass is 35.5. The van der Waals surface area contributed by atoms with Crippen molar-refractivity contribution in [3.8, 4) is 6.07 Å². The molecule has 2 aromatic rings. The predicted octanol–water partition coefficient (Wildman–Crippen LogP) is 3.57. The smallest absolute Gasteiger partial charge is 0.101 e. The van der Waals surface area contributed by atoms with Gasteiger partial charge in [-0.3, -0.25) is 4.21 Å². The Kier molecular flexibility index (Phi) is 5.79. The number of anilines is 1. The fraction of sp³-hybridized carbons (Fsp3) is 0.188. The highest BCUT2D eigenvalue weighted by molar-refractivity contribution is 7.84. The molecule has 21 heavy (non-hydrogen) atoms. The Morgan fingerprint density at radius 1 is 1.19 bits per heavy atom. The zero-order valence-corrected chi connectivity index (χ0v) is 13.0. The van der Waals surface area contributed by atoms with Crippen LogP contribution in [0.4, 0.5) is 5.69 Å². The minimum Gasteiger partial charge on any atom is -0.383 e. The molecule has 3 nitrogen and oxygen atoms in total. The number of halogens is 1. The van der Waals surface area contributed by atoms with Crippen LogP contribution in [0.3, 0.4) is 0 Å². The predicted molar refractivity (Wildman–Crippen MR) is 87.8 cm³/mol. The number of nitriles is 1. The normalized spacial score (nSPS) is 11.6. The topological polar surface area (TPSA) is 52.9 Å². The van der Waals surface area contributed by atoms with Crippen LogP contribution in [0.15, 0.2) is 48.5 Å². The van der Waals surface area contributed by atoms with E-state index in [9.17, 15) is 4.21 Å². The van der Waals surface area contributed by atoms with Crippen molar-refractivity contribution in [1.82, 2.24) is 0 Å². The van der Waals surface area contributed by atoms with Gasteiger partial charge in [0.2, 0.25) is 0 Å². The second kappa shape index (κ2) is 7.82. The molecule has 0 spiro atoms. The zero-order valence-electron chi connectivity index (χ0n) is 11.4. The van der Waals surface area contributed by atoms with Crippen LogP contribution in [0.2, 0.25) is 5.02 Å². The van der Waals surface area contributed by atoms with Crippen molar-refractivity contribution in [2.24, 2.45) is 0 Å². The van der Waals surface area contributed by atoms with Crippen LogP contribution in [0, 0.1) is 11.3 Å². The van der Waals surface area contributed by atoms with Crippen molar-refractivity contribution in [3.05, 3.63) is 64.7 Å². The maximum atomic E-state index is 12.0. The maximum Gasteiger partial charge on any atom is 0.101 e. The molecule has 0 aromatic heterocycles. The molecule has 1 unspecified atom stereocenters. The van der Waals surface area contributed by atoms with E-state index in [4.69, 9.17) is 16.9 Å². The summed E-state index contributed by atoms with van der Waals surface area (Å²) in [5.74, 6) is 1.06. The first kappa shape index (κ1) is 15.6. The molecule has 2 aromatic carbocycles. The Bertz CT molecular complexity index is 668. The summed E-state index contributed by atoms with van der Waals surface area (Å²) < 4.78 is 12.0. The van der Waals surface area contributed by atoms with E-state index in [2.05, 4.69) is 11.4 Å². The summed E-state index contributed by atoms with van der Waals surface area (Å²) >= 11 is 5.91. The van der Waals surface area contributed by atoms with Crippen molar-refractivity contribution in [1.29, 1.82) is 5.26 Å². The second-order valence-corrected chi connectivity index (χ2v) is 6.52. The van der Waals surface area contributed by atoms with Crippen LogP contribution in [-0.2, 0) is 16.6 Å². The Morgan fingerprint density at radius 3 is 2.67 bits per heavy atom. The van der Waals surface area contributed by atoms with Gasteiger partial charge in [0.15, 0.2) is 0 Å². The summed E-state index contributed by atoms with van der Waals surface area (Å²) in [6.45, 7) is 0.536. The quantitative estimate of drug-likeness (QED) is 0.885. The molecule has 0 aliphatic rings. The third-order valence-corrected chi connectivity index (χ3v) is 4.47. The molecule has 0 aliphatic carbocycles. The second-order valence-electron chi connectivity index (χ2n) is 4.50. The number of benzene rings is 2. The molecule has 0 saturated heterocycles. The molecule has 1 N–H and O–H groups in total. The van der Waals surface area contributed by atoms with Crippen molar-refractivity contribution < 1.29 is 4.21 Å². The molecular formula is C16H15ClN2OS. The molecule has 2 rings (SSSR count). The van der Waals surface area contributed by atoms with Gasteiger partial charge in [-0.1, -0.05) is 41.9 Å². The zero-order chi connectivity index (χ0) is 15.1. The van der Waals surface area contributed by atoms with Gasteiger partial charge < -0.3 is 5.32 Å². The van der Waals surface area contributed by atoms with Crippen LogP contribution in [0.1, 0.15) is 11.1 Å². The van der Waals surface area contributed by atoms with Gasteiger partial charge in [0.1, 0.15) is 6.07 Å². The number of rotatable bonds is 6. The van der Waals surface area contributed by atoms with E-state index in [-0.39, 0.29) is 0 Å². The van der Waals surface area contributed by atoms with Gasteiger partial charge in [-0.2, -0.15) is 5.26 Å². The van der Waals surface area contributed by atoms with Gasteiger partial charge in [0.05, 0.1) is 11.3 Å². The molecule has 0 bridgehead atoms. The number of hydrogen-bond donors (Lipinski definition) is 1. The lowest BCUT2D eigenvalue weighted by Gasteiger charge is -2.08. The highest BCUT2D eigenvalue weighted by Crippen LogP contribution is 2.20. The van der Waals surface area contributed by atoms with Crippen LogP contribution in [-0.4, -0.2) is 16.5 Å². The molecule has 5 heteroatoms. The Hall–Kier alpha value is -1.83. The fourth-order valence-corrected chi connectivity index (χ4v) is 3.10. The molecule has 0 saturated carbocycles. The molecule has 0 fully saturated rings. The van der Waals surface area contributed by atoms with Gasteiger partial charge in [-0.05, 0) is 23.8 Å². The third kappa shape index (κ3) is 4.89. The molecule has 0 amide bonds. The van der Waals surface area contributed by atoms with Crippen molar-refractivity contribution in [3.63, 3.8) is 0 Å². The summed E-state index contributed by atoms with van der Waals surface area (Å²) in [7, 11) is -0.937. The summed E-state index contributed by atoms with van der Waals surface area (Å²) in [6.07, 6.45) is 0. The molecule has 1 atom stereocenters. The number of nitrogens with zero attached hydrogens (tertiary/aromatic N) is 1. The first-order valence-electron chi connectivity index (χ1n) is 6.51. The van der Waals surface area contributed by atoms with Crippen LogP contribution in [0.5, 0.6) is 0 Å². The number of hydrogen-bond acceptors (Lipinski definition) is 3. The maximum absolute atomic E-state index is 12.0. The van der Waals surface area contributed by atoms with E-state index < -0.39 is 10.8 Å². The fourth-order valence-electron chi connectivity index (χ4n) is 1.89. The summed E-state index contributed by atoms with van der Waals surface area (Å²) in [4.78, 5) is 0. The van der Waals surface area contributed by atoms with E-state index in [1.54, 1.807) is 18.2 Å². The minimum atomic E-state index is -0.937. The van der Waals surface area contributed by atoms with Crippen LogP contribution < -0.4 is 5.32 Å². The van der Waals surface area contributed by atoms with Crippen LogP contribution >= 0.6 is 11.6 Å². The molecule has 0 heterocycles. The van der Waals surface area contributed by atoms with Crippen molar-refractivity contribution in [2.45, 2.75) is 5.75 Å². The lowest BCUT2D eigenvalue weighted by molar-refractivity contribution is 0.682. The summed E-state index contributed by atoms with van der Waals surface area (Å²) in [5.41, 5.74) is 2.28. The van der Waals surface area contributed by atoms with Crippen LogP contribution in [0.25, 0.3) is 0 Å². The average Bonchev–Trinajstić information content (AvgIpc) is 2.48. The lowest BCUT2D eigenvalue weighted by atomic mass is 10.2. The van der Waals surface area contributed by atoms with E-state index >= 15 is 0 Å². The molecular weight excluding hydrogens is 304 g/mol. The molecule has 0 aliphatic heterocycles. The average molecular weight is 319 g/mol. The van der Waals surface area contributed by atoms with Gasteiger partial charge >= 0.3 is 0 Å². The van der Waals surface area contributed by atoms with Gasteiger partial charge in [-0.15, -0.1) is 0 Å². The van der Waals surface area contributed by atoms with E-state index in [1.807, 2.05) is 30.3 Å². The molecule has 0 radical (unpaired) electrons. The third-order valence-electron chi connectivity index (χ3n) is 2.92. The highest BCUT2D eigenvalue weighted by Gasteiger charge is 2.05. The minimum absolute atomic E-state index is 0.520. The first-order chi connectivity index (χ1) is 10.2. The largest absolute Gasteiger partial charge is 0.383 e. The van der Waals surface area contributed by atoms with Gasteiger partial charge in [0.25, 0.3) is 0 Å². The SMILES string of the molecule is N#Cc1ccc(Cl)cc1NCCS(=O)Cc1ccccc1. The number of nitrogens with one attached hydrogen (secondary N) is 1. The Labute approximate surface area is 132 Å². The van der Waals surface area contributed by atoms with E-state index in [0.29, 0.717) is 34.3 Å². The Balaban J connectivity index is 1.86. The van der Waals surface area contributed by atoms with Crippen molar-refractivity contribution >= 4 is 28.1 Å². The lowest BCUT2D eigenvalue weighted by Crippen LogP contribution is -2.12. The van der Waals surface area contributed by atoms with E-state index in [0.717, 1.165) is 5.56 Å². The first-order valence-corrected chi connectivity index (χ1v) is 8.38.